The maximum Gasteiger partial charge on any atom is 0.250 e. The summed E-state index contributed by atoms with van der Waals surface area (Å²) in [6.07, 6.45) is 7.69. The highest BCUT2D eigenvalue weighted by molar-refractivity contribution is 6.74. The predicted octanol–water partition coefficient (Wildman–Crippen LogP) is 5.90. The van der Waals surface area contributed by atoms with Gasteiger partial charge in [0.05, 0.1) is 5.76 Å². The van der Waals surface area contributed by atoms with Crippen LogP contribution >= 0.6 is 0 Å². The van der Waals surface area contributed by atoms with Crippen molar-refractivity contribution in [1.82, 2.24) is 0 Å². The van der Waals surface area contributed by atoms with E-state index >= 15 is 0 Å². The summed E-state index contributed by atoms with van der Waals surface area (Å²) in [5.74, 6) is 1.94. The average molecular weight is 281 g/mol. The van der Waals surface area contributed by atoms with Crippen LogP contribution in [-0.4, -0.2) is 8.32 Å². The van der Waals surface area contributed by atoms with Crippen LogP contribution in [0.5, 0.6) is 0 Å². The first-order chi connectivity index (χ1) is 8.49. The maximum atomic E-state index is 6.48. The minimum Gasteiger partial charge on any atom is -0.547 e. The average Bonchev–Trinajstić information content (AvgIpc) is 2.19. The Kier molecular flexibility index (Phi) is 4.77. The van der Waals surface area contributed by atoms with Crippen molar-refractivity contribution in [2.45, 2.75) is 72.0 Å². The van der Waals surface area contributed by atoms with Crippen LogP contribution < -0.4 is 0 Å². The monoisotopic (exact) mass is 280 g/mol. The molecule has 0 amide bonds. The van der Waals surface area contributed by atoms with Gasteiger partial charge < -0.3 is 4.43 Å². The van der Waals surface area contributed by atoms with E-state index in [0.29, 0.717) is 11.3 Å². The first-order valence-electron chi connectivity index (χ1n) is 7.48. The molecule has 0 fully saturated rings. The Labute approximate surface area is 121 Å². The molecule has 0 aromatic heterocycles. The van der Waals surface area contributed by atoms with E-state index in [1.165, 1.54) is 5.76 Å². The molecule has 0 saturated carbocycles. The molecule has 1 unspecified atom stereocenters. The third-order valence-corrected chi connectivity index (χ3v) is 9.39. The van der Waals surface area contributed by atoms with Crippen LogP contribution in [0.25, 0.3) is 0 Å². The summed E-state index contributed by atoms with van der Waals surface area (Å²) in [4.78, 5) is 0. The lowest BCUT2D eigenvalue weighted by Gasteiger charge is -2.43. The van der Waals surface area contributed by atoms with Gasteiger partial charge in [-0.05, 0) is 48.4 Å². The second kappa shape index (κ2) is 5.47. The minimum absolute atomic E-state index is 0.274. The highest BCUT2D eigenvalue weighted by atomic mass is 28.4. The molecule has 19 heavy (non-hydrogen) atoms. The van der Waals surface area contributed by atoms with Gasteiger partial charge >= 0.3 is 0 Å². The second-order valence-corrected chi connectivity index (χ2v) is 12.9. The molecule has 1 aliphatic carbocycles. The van der Waals surface area contributed by atoms with E-state index in [1.54, 1.807) is 0 Å². The van der Waals surface area contributed by atoms with Crippen LogP contribution in [0.4, 0.5) is 0 Å². The van der Waals surface area contributed by atoms with Gasteiger partial charge in [0.15, 0.2) is 0 Å². The number of allylic oxidation sites excluding steroid dienone is 3. The minimum atomic E-state index is -1.68. The molecule has 0 spiro atoms. The second-order valence-electron chi connectivity index (χ2n) is 8.16. The van der Waals surface area contributed by atoms with Gasteiger partial charge in [0.2, 0.25) is 8.32 Å². The van der Waals surface area contributed by atoms with Crippen LogP contribution in [0.1, 0.15) is 53.9 Å². The van der Waals surface area contributed by atoms with Gasteiger partial charge in [-0.25, -0.2) is 0 Å². The van der Waals surface area contributed by atoms with Crippen LogP contribution in [-0.2, 0) is 4.43 Å². The zero-order valence-corrected chi connectivity index (χ0v) is 15.0. The lowest BCUT2D eigenvalue weighted by molar-refractivity contribution is 0.166. The molecule has 2 heteroatoms. The summed E-state index contributed by atoms with van der Waals surface area (Å²) in [5, 5.41) is 0.274. The lowest BCUT2D eigenvalue weighted by Crippen LogP contribution is -2.41. The summed E-state index contributed by atoms with van der Waals surface area (Å²) in [5.41, 5.74) is 0.320. The fraction of sp³-hybridized carbons (Fsp3) is 0.765. The summed E-state index contributed by atoms with van der Waals surface area (Å²) in [6, 6.07) is 0. The van der Waals surface area contributed by atoms with E-state index in [9.17, 15) is 0 Å². The van der Waals surface area contributed by atoms with Crippen LogP contribution in [0.3, 0.4) is 0 Å². The summed E-state index contributed by atoms with van der Waals surface area (Å²) in [6.45, 7) is 20.2. The van der Waals surface area contributed by atoms with E-state index in [0.717, 1.165) is 19.3 Å². The predicted molar refractivity (Wildman–Crippen MR) is 87.7 cm³/mol. The molecule has 0 heterocycles. The highest BCUT2D eigenvalue weighted by Crippen LogP contribution is 2.45. The van der Waals surface area contributed by atoms with Crippen molar-refractivity contribution in [3.8, 4) is 0 Å². The van der Waals surface area contributed by atoms with E-state index in [-0.39, 0.29) is 5.04 Å². The quantitative estimate of drug-likeness (QED) is 0.460. The normalized spacial score (nSPS) is 23.7. The van der Waals surface area contributed by atoms with Gasteiger partial charge in [-0.3, -0.25) is 0 Å². The molecule has 1 aliphatic rings. The molecular weight excluding hydrogens is 248 g/mol. The SMILES string of the molecule is C=CCC1CC=C(O[Si](C)(C)C(C)(C)C)CC1(C)C. The zero-order valence-electron chi connectivity index (χ0n) is 14.0. The first-order valence-corrected chi connectivity index (χ1v) is 10.4. The van der Waals surface area contributed by atoms with Gasteiger partial charge in [0, 0.05) is 6.42 Å². The van der Waals surface area contributed by atoms with Crippen molar-refractivity contribution >= 4 is 8.32 Å². The number of hydrogen-bond donors (Lipinski definition) is 0. The Morgan fingerprint density at radius 1 is 1.42 bits per heavy atom. The highest BCUT2D eigenvalue weighted by Gasteiger charge is 2.41. The number of rotatable bonds is 4. The fourth-order valence-corrected chi connectivity index (χ4v) is 3.55. The topological polar surface area (TPSA) is 9.23 Å². The van der Waals surface area contributed by atoms with Gasteiger partial charge in [-0.1, -0.05) is 40.7 Å². The Bertz CT molecular complexity index is 358. The smallest absolute Gasteiger partial charge is 0.250 e. The largest absolute Gasteiger partial charge is 0.547 e. The maximum absolute atomic E-state index is 6.48. The molecule has 0 aromatic carbocycles. The molecule has 0 aromatic rings. The molecule has 1 atom stereocenters. The standard InChI is InChI=1S/C17H32OSi/c1-9-10-14-11-12-15(13-17(14,5)6)18-19(7,8)16(2,3)4/h9,12,14H,1,10-11,13H2,2-8H3. The van der Waals surface area contributed by atoms with Gasteiger partial charge in [0.25, 0.3) is 0 Å². The zero-order chi connectivity index (χ0) is 14.9. The van der Waals surface area contributed by atoms with Gasteiger partial charge in [-0.2, -0.15) is 0 Å². The van der Waals surface area contributed by atoms with Crippen molar-refractivity contribution in [3.05, 3.63) is 24.5 Å². The van der Waals surface area contributed by atoms with Gasteiger partial charge in [0.1, 0.15) is 0 Å². The lowest BCUT2D eigenvalue weighted by atomic mass is 9.70. The summed E-state index contributed by atoms with van der Waals surface area (Å²) in [7, 11) is -1.68. The molecular formula is C17H32OSi. The fourth-order valence-electron chi connectivity index (χ4n) is 2.43. The van der Waals surface area contributed by atoms with Crippen molar-refractivity contribution in [1.29, 1.82) is 0 Å². The van der Waals surface area contributed by atoms with E-state index in [2.05, 4.69) is 66.4 Å². The van der Waals surface area contributed by atoms with Crippen molar-refractivity contribution in [3.63, 3.8) is 0 Å². The third-order valence-electron chi connectivity index (χ3n) is 5.01. The van der Waals surface area contributed by atoms with Crippen LogP contribution in [0, 0.1) is 11.3 Å². The van der Waals surface area contributed by atoms with Crippen LogP contribution in [0.15, 0.2) is 24.5 Å². The molecule has 1 rings (SSSR count). The summed E-state index contributed by atoms with van der Waals surface area (Å²) < 4.78 is 6.48. The Balaban J connectivity index is 2.81. The molecule has 0 bridgehead atoms. The summed E-state index contributed by atoms with van der Waals surface area (Å²) >= 11 is 0. The molecule has 1 nitrogen and oxygen atoms in total. The van der Waals surface area contributed by atoms with Crippen molar-refractivity contribution in [2.75, 3.05) is 0 Å². The van der Waals surface area contributed by atoms with E-state index in [4.69, 9.17) is 4.43 Å². The molecule has 110 valence electrons. The third kappa shape index (κ3) is 3.98. The first kappa shape index (κ1) is 16.6. The molecule has 0 aliphatic heterocycles. The van der Waals surface area contributed by atoms with Crippen molar-refractivity contribution in [2.24, 2.45) is 11.3 Å². The molecule has 0 N–H and O–H groups in total. The Hall–Kier alpha value is -0.503. The molecule has 0 radical (unpaired) electrons. The van der Waals surface area contributed by atoms with Gasteiger partial charge in [-0.15, -0.1) is 6.58 Å². The van der Waals surface area contributed by atoms with Crippen molar-refractivity contribution < 1.29 is 4.43 Å². The van der Waals surface area contributed by atoms with Crippen LogP contribution in [0.2, 0.25) is 18.1 Å². The molecule has 0 saturated heterocycles. The number of hydrogen-bond acceptors (Lipinski definition) is 1. The Morgan fingerprint density at radius 3 is 2.42 bits per heavy atom. The van der Waals surface area contributed by atoms with E-state index < -0.39 is 8.32 Å². The Morgan fingerprint density at radius 2 is 2.00 bits per heavy atom. The van der Waals surface area contributed by atoms with E-state index in [1.807, 2.05) is 0 Å².